The number of piperazine rings is 1. The van der Waals surface area contributed by atoms with E-state index in [1.54, 1.807) is 24.9 Å². The van der Waals surface area contributed by atoms with Crippen LogP contribution >= 0.6 is 0 Å². The minimum absolute atomic E-state index is 0.0552. The van der Waals surface area contributed by atoms with Crippen molar-refractivity contribution in [1.82, 2.24) is 25.8 Å². The highest BCUT2D eigenvalue weighted by Crippen LogP contribution is 2.34. The lowest BCUT2D eigenvalue weighted by atomic mass is 9.82. The maximum atomic E-state index is 14.2. The molecule has 3 heterocycles. The number of carbonyl (C=O) groups excluding carboxylic acids is 3. The van der Waals surface area contributed by atoms with Gasteiger partial charge in [-0.2, -0.15) is 0 Å². The summed E-state index contributed by atoms with van der Waals surface area (Å²) in [5.41, 5.74) is 0.737. The fourth-order valence-corrected chi connectivity index (χ4v) is 6.49. The lowest BCUT2D eigenvalue weighted by Gasteiger charge is -2.45. The van der Waals surface area contributed by atoms with Gasteiger partial charge in [-0.15, -0.1) is 0 Å². The van der Waals surface area contributed by atoms with Crippen molar-refractivity contribution in [2.24, 2.45) is 5.92 Å². The van der Waals surface area contributed by atoms with Crippen LogP contribution in [-0.2, 0) is 14.4 Å². The molecular formula is C28H40FN5O4. The van der Waals surface area contributed by atoms with Crippen LogP contribution in [0.4, 0.5) is 4.39 Å². The summed E-state index contributed by atoms with van der Waals surface area (Å²) in [6.45, 7) is 3.84. The molecule has 3 fully saturated rings. The Morgan fingerprint density at radius 1 is 1.08 bits per heavy atom. The van der Waals surface area contributed by atoms with Crippen molar-refractivity contribution in [1.29, 1.82) is 0 Å². The summed E-state index contributed by atoms with van der Waals surface area (Å²) in [5.74, 6) is -0.505. The molecule has 1 saturated carbocycles. The number of rotatable bonds is 7. The number of ether oxygens (including phenoxy) is 1. The zero-order chi connectivity index (χ0) is 26.8. The molecule has 0 aromatic heterocycles. The van der Waals surface area contributed by atoms with Gasteiger partial charge in [0.2, 0.25) is 17.7 Å². The van der Waals surface area contributed by atoms with Gasteiger partial charge in [-0.05, 0) is 58.2 Å². The lowest BCUT2D eigenvalue weighted by Crippen LogP contribution is -2.66. The number of hydrogen-bond donors (Lipinski definition) is 3. The third kappa shape index (κ3) is 5.52. The minimum Gasteiger partial charge on any atom is -0.491 e. The van der Waals surface area contributed by atoms with E-state index in [1.807, 2.05) is 0 Å². The SMILES string of the molecule is CN[C@@H](C)C(=O)N[C@H](C(=O)N1C[C@H]2CCCN2C[C@H]1C(=O)NC1COc2cc(F)ccc21)C1CCCCC1. The maximum Gasteiger partial charge on any atom is 0.246 e. The molecule has 3 aliphatic heterocycles. The summed E-state index contributed by atoms with van der Waals surface area (Å²) in [6, 6.07) is 2.40. The van der Waals surface area contributed by atoms with E-state index in [-0.39, 0.29) is 42.1 Å². The molecule has 3 N–H and O–H groups in total. The number of fused-ring (bicyclic) bond motifs is 2. The van der Waals surface area contributed by atoms with Gasteiger partial charge in [0.05, 0.1) is 12.1 Å². The maximum absolute atomic E-state index is 14.2. The van der Waals surface area contributed by atoms with Crippen molar-refractivity contribution >= 4 is 17.7 Å². The Hall–Kier alpha value is -2.72. The third-order valence-electron chi connectivity index (χ3n) is 8.86. The first kappa shape index (κ1) is 26.9. The van der Waals surface area contributed by atoms with Gasteiger partial charge in [0, 0.05) is 30.8 Å². The fourth-order valence-electron chi connectivity index (χ4n) is 6.49. The average Bonchev–Trinajstić information content (AvgIpc) is 3.56. The van der Waals surface area contributed by atoms with Gasteiger partial charge < -0.3 is 25.6 Å². The smallest absolute Gasteiger partial charge is 0.246 e. The molecule has 4 aliphatic rings. The number of nitrogens with one attached hydrogen (secondary N) is 3. The summed E-state index contributed by atoms with van der Waals surface area (Å²) < 4.78 is 19.3. The van der Waals surface area contributed by atoms with Crippen molar-refractivity contribution < 1.29 is 23.5 Å². The molecule has 5 atom stereocenters. The Morgan fingerprint density at radius 2 is 1.87 bits per heavy atom. The Kier molecular flexibility index (Phi) is 8.18. The van der Waals surface area contributed by atoms with Crippen LogP contribution in [0.3, 0.4) is 0 Å². The summed E-state index contributed by atoms with van der Waals surface area (Å²) >= 11 is 0. The molecule has 1 unspecified atom stereocenters. The van der Waals surface area contributed by atoms with Gasteiger partial charge >= 0.3 is 0 Å². The Morgan fingerprint density at radius 3 is 2.63 bits per heavy atom. The first-order chi connectivity index (χ1) is 18.4. The zero-order valence-corrected chi connectivity index (χ0v) is 22.4. The predicted molar refractivity (Wildman–Crippen MR) is 140 cm³/mol. The first-order valence-corrected chi connectivity index (χ1v) is 14.1. The largest absolute Gasteiger partial charge is 0.491 e. The van der Waals surface area contributed by atoms with Crippen LogP contribution in [0.5, 0.6) is 5.75 Å². The lowest BCUT2D eigenvalue weighted by molar-refractivity contribution is -0.149. The molecule has 1 aromatic rings. The van der Waals surface area contributed by atoms with Crippen molar-refractivity contribution in [2.45, 2.75) is 82.1 Å². The molecule has 2 saturated heterocycles. The molecule has 5 rings (SSSR count). The highest BCUT2D eigenvalue weighted by Gasteiger charge is 2.45. The second-order valence-electron chi connectivity index (χ2n) is 11.2. The predicted octanol–water partition coefficient (Wildman–Crippen LogP) is 1.72. The number of nitrogens with zero attached hydrogens (tertiary/aromatic N) is 2. The summed E-state index contributed by atoms with van der Waals surface area (Å²) in [7, 11) is 1.72. The highest BCUT2D eigenvalue weighted by atomic mass is 19.1. The van der Waals surface area contributed by atoms with Gasteiger partial charge in [-0.3, -0.25) is 19.3 Å². The van der Waals surface area contributed by atoms with Crippen LogP contribution in [-0.4, -0.2) is 85.0 Å². The Bertz CT molecular complexity index is 1050. The van der Waals surface area contributed by atoms with Crippen molar-refractivity contribution in [3.63, 3.8) is 0 Å². The average molecular weight is 530 g/mol. The van der Waals surface area contributed by atoms with Gasteiger partial charge in [-0.1, -0.05) is 25.3 Å². The van der Waals surface area contributed by atoms with Crippen LogP contribution in [0, 0.1) is 11.7 Å². The number of hydrogen-bond acceptors (Lipinski definition) is 6. The van der Waals surface area contributed by atoms with Crippen LogP contribution in [0.25, 0.3) is 0 Å². The second-order valence-corrected chi connectivity index (χ2v) is 11.2. The highest BCUT2D eigenvalue weighted by molar-refractivity contribution is 5.93. The molecule has 10 heteroatoms. The van der Waals surface area contributed by atoms with E-state index in [4.69, 9.17) is 4.74 Å². The van der Waals surface area contributed by atoms with Crippen LogP contribution in [0.2, 0.25) is 0 Å². The zero-order valence-electron chi connectivity index (χ0n) is 22.4. The van der Waals surface area contributed by atoms with E-state index in [9.17, 15) is 18.8 Å². The molecule has 208 valence electrons. The summed E-state index contributed by atoms with van der Waals surface area (Å²) in [5, 5.41) is 9.08. The molecule has 0 radical (unpaired) electrons. The van der Waals surface area contributed by atoms with E-state index in [0.29, 0.717) is 18.8 Å². The second kappa shape index (κ2) is 11.6. The van der Waals surface area contributed by atoms with Crippen molar-refractivity contribution in [2.75, 3.05) is 33.3 Å². The Labute approximate surface area is 223 Å². The normalized spacial score (nSPS) is 27.1. The van der Waals surface area contributed by atoms with Crippen LogP contribution < -0.4 is 20.7 Å². The number of carbonyl (C=O) groups is 3. The van der Waals surface area contributed by atoms with E-state index < -0.39 is 24.2 Å². The minimum atomic E-state index is -0.675. The molecule has 1 aliphatic carbocycles. The molecule has 9 nitrogen and oxygen atoms in total. The first-order valence-electron chi connectivity index (χ1n) is 14.1. The number of benzene rings is 1. The third-order valence-corrected chi connectivity index (χ3v) is 8.86. The summed E-state index contributed by atoms with van der Waals surface area (Å²) in [6.07, 6.45) is 7.01. The number of likely N-dealkylation sites (N-methyl/N-ethyl adjacent to an activating group) is 1. The molecule has 3 amide bonds. The topological polar surface area (TPSA) is 103 Å². The van der Waals surface area contributed by atoms with Gasteiger partial charge in [-0.25, -0.2) is 4.39 Å². The molecule has 0 bridgehead atoms. The van der Waals surface area contributed by atoms with Crippen LogP contribution in [0.1, 0.15) is 63.5 Å². The van der Waals surface area contributed by atoms with E-state index in [2.05, 4.69) is 20.9 Å². The van der Waals surface area contributed by atoms with Gasteiger partial charge in [0.25, 0.3) is 0 Å². The van der Waals surface area contributed by atoms with E-state index in [0.717, 1.165) is 57.1 Å². The molecular weight excluding hydrogens is 489 g/mol. The standard InChI is InChI=1S/C28H40FN5O4/c1-17(30-2)26(35)32-25(18-7-4-3-5-8-18)28(37)34-14-20-9-6-12-33(20)15-23(34)27(36)31-22-16-38-24-13-19(29)10-11-21(22)24/h10-11,13,17-18,20,22-23,25,30H,3-9,12,14-16H2,1-2H3,(H,31,36)(H,32,35)/t17-,20+,22?,23-,25-/m0/s1. The van der Waals surface area contributed by atoms with Gasteiger partial charge in [0.1, 0.15) is 30.3 Å². The monoisotopic (exact) mass is 529 g/mol. The quantitative estimate of drug-likeness (QED) is 0.497. The number of halogens is 1. The number of amides is 3. The van der Waals surface area contributed by atoms with E-state index >= 15 is 0 Å². The fraction of sp³-hybridized carbons (Fsp3) is 0.679. The van der Waals surface area contributed by atoms with Crippen molar-refractivity contribution in [3.05, 3.63) is 29.6 Å². The summed E-state index contributed by atoms with van der Waals surface area (Å²) in [4.78, 5) is 44.9. The van der Waals surface area contributed by atoms with Crippen LogP contribution in [0.15, 0.2) is 18.2 Å². The molecule has 0 spiro atoms. The van der Waals surface area contributed by atoms with Gasteiger partial charge in [0.15, 0.2) is 0 Å². The Balaban J connectivity index is 1.37. The molecule has 1 aromatic carbocycles. The molecule has 38 heavy (non-hydrogen) atoms. The van der Waals surface area contributed by atoms with E-state index in [1.165, 1.54) is 12.1 Å². The van der Waals surface area contributed by atoms with Crippen molar-refractivity contribution in [3.8, 4) is 5.75 Å².